The van der Waals surface area contributed by atoms with Crippen molar-refractivity contribution in [3.05, 3.63) is 72.5 Å². The van der Waals surface area contributed by atoms with E-state index >= 15 is 0 Å². The van der Waals surface area contributed by atoms with Crippen LogP contribution in [0.3, 0.4) is 0 Å². The van der Waals surface area contributed by atoms with Crippen LogP contribution in [0.25, 0.3) is 21.7 Å². The van der Waals surface area contributed by atoms with Crippen molar-refractivity contribution in [2.24, 2.45) is 0 Å². The number of benzene rings is 3. The van der Waals surface area contributed by atoms with Crippen molar-refractivity contribution in [1.82, 2.24) is 0 Å². The summed E-state index contributed by atoms with van der Waals surface area (Å²) in [6, 6.07) is 20.8. The van der Waals surface area contributed by atoms with Gasteiger partial charge in [-0.2, -0.15) is 5.26 Å². The van der Waals surface area contributed by atoms with Crippen LogP contribution in [-0.2, 0) is 11.2 Å². The fourth-order valence-corrected chi connectivity index (χ4v) is 3.13. The Morgan fingerprint density at radius 1 is 1.07 bits per heavy atom. The van der Waals surface area contributed by atoms with E-state index in [0.717, 1.165) is 27.3 Å². The molecule has 132 valence electrons. The summed E-state index contributed by atoms with van der Waals surface area (Å²) in [5.74, 6) is 0.457. The van der Waals surface area contributed by atoms with Crippen molar-refractivity contribution in [2.45, 2.75) is 6.42 Å². The summed E-state index contributed by atoms with van der Waals surface area (Å²) in [6.07, 6.45) is 1.86. The molecular formula is C22H16N2O3. The fraction of sp³-hybridized carbons (Fsp3) is 0.0909. The Bertz CT molecular complexity index is 1150. The number of amides is 1. The maximum atomic E-state index is 12.5. The van der Waals surface area contributed by atoms with E-state index in [1.54, 1.807) is 30.5 Å². The lowest BCUT2D eigenvalue weighted by molar-refractivity contribution is -0.115. The average molecular weight is 356 g/mol. The zero-order chi connectivity index (χ0) is 18.6. The van der Waals surface area contributed by atoms with Gasteiger partial charge in [-0.1, -0.05) is 30.3 Å². The molecule has 0 unspecified atom stereocenters. The summed E-state index contributed by atoms with van der Waals surface area (Å²) >= 11 is 0. The highest BCUT2D eigenvalue weighted by atomic mass is 16.5. The van der Waals surface area contributed by atoms with Crippen LogP contribution in [0.15, 0.2) is 71.3 Å². The van der Waals surface area contributed by atoms with Gasteiger partial charge >= 0.3 is 0 Å². The lowest BCUT2D eigenvalue weighted by atomic mass is 10.0. The number of carbonyl (C=O) groups excluding carboxylic acids is 1. The lowest BCUT2D eigenvalue weighted by Crippen LogP contribution is -2.14. The summed E-state index contributed by atoms with van der Waals surface area (Å²) in [7, 11) is 0. The Morgan fingerprint density at radius 3 is 2.70 bits per heavy atom. The van der Waals surface area contributed by atoms with Crippen LogP contribution in [-0.4, -0.2) is 12.5 Å². The first-order valence-corrected chi connectivity index (χ1v) is 8.52. The van der Waals surface area contributed by atoms with Crippen LogP contribution in [0.5, 0.6) is 5.75 Å². The molecule has 5 nitrogen and oxygen atoms in total. The summed E-state index contributed by atoms with van der Waals surface area (Å²) in [6.45, 7) is -0.00672. The van der Waals surface area contributed by atoms with Crippen LogP contribution in [0.1, 0.15) is 5.56 Å². The summed E-state index contributed by atoms with van der Waals surface area (Å²) in [5, 5.41) is 14.6. The number of hydrogen-bond acceptors (Lipinski definition) is 4. The molecule has 0 radical (unpaired) electrons. The van der Waals surface area contributed by atoms with Crippen LogP contribution in [0, 0.1) is 11.3 Å². The van der Waals surface area contributed by atoms with E-state index in [9.17, 15) is 4.79 Å². The van der Waals surface area contributed by atoms with Gasteiger partial charge in [-0.15, -0.1) is 0 Å². The molecule has 0 aliphatic carbocycles. The molecule has 0 bridgehead atoms. The number of nitrogens with zero attached hydrogens (tertiary/aromatic N) is 1. The first kappa shape index (κ1) is 16.7. The van der Waals surface area contributed by atoms with Crippen LogP contribution < -0.4 is 10.1 Å². The van der Waals surface area contributed by atoms with Gasteiger partial charge < -0.3 is 14.5 Å². The number of carbonyl (C=O) groups is 1. The van der Waals surface area contributed by atoms with E-state index < -0.39 is 0 Å². The second kappa shape index (κ2) is 7.22. The van der Waals surface area contributed by atoms with Crippen molar-refractivity contribution < 1.29 is 13.9 Å². The van der Waals surface area contributed by atoms with Gasteiger partial charge in [0, 0.05) is 16.6 Å². The van der Waals surface area contributed by atoms with Gasteiger partial charge in [-0.25, -0.2) is 0 Å². The summed E-state index contributed by atoms with van der Waals surface area (Å²) in [4.78, 5) is 12.5. The molecule has 0 aliphatic rings. The minimum absolute atomic E-state index is 0.00672. The monoisotopic (exact) mass is 356 g/mol. The third kappa shape index (κ3) is 3.46. The van der Waals surface area contributed by atoms with Crippen molar-refractivity contribution in [3.8, 4) is 11.8 Å². The van der Waals surface area contributed by atoms with E-state index in [1.165, 1.54) is 0 Å². The first-order chi connectivity index (χ1) is 13.2. The highest BCUT2D eigenvalue weighted by Gasteiger charge is 2.13. The Kier molecular flexibility index (Phi) is 4.46. The largest absolute Gasteiger partial charge is 0.479 e. The van der Waals surface area contributed by atoms with Crippen molar-refractivity contribution >= 4 is 33.3 Å². The fourth-order valence-electron chi connectivity index (χ4n) is 3.13. The van der Waals surface area contributed by atoms with Gasteiger partial charge in [0.2, 0.25) is 5.91 Å². The molecule has 5 heteroatoms. The highest BCUT2D eigenvalue weighted by molar-refractivity contribution is 6.09. The zero-order valence-electron chi connectivity index (χ0n) is 14.4. The number of furan rings is 1. The topological polar surface area (TPSA) is 75.3 Å². The van der Waals surface area contributed by atoms with E-state index in [2.05, 4.69) is 5.32 Å². The van der Waals surface area contributed by atoms with Gasteiger partial charge in [0.1, 0.15) is 17.4 Å². The van der Waals surface area contributed by atoms with Crippen LogP contribution >= 0.6 is 0 Å². The van der Waals surface area contributed by atoms with Gasteiger partial charge in [-0.05, 0) is 41.1 Å². The Labute approximate surface area is 155 Å². The summed E-state index contributed by atoms with van der Waals surface area (Å²) < 4.78 is 10.8. The van der Waals surface area contributed by atoms with E-state index in [0.29, 0.717) is 11.4 Å². The highest BCUT2D eigenvalue weighted by Crippen LogP contribution is 2.30. The minimum Gasteiger partial charge on any atom is -0.479 e. The number of ether oxygens (including phenoxy) is 1. The predicted molar refractivity (Wildman–Crippen MR) is 104 cm³/mol. The molecular weight excluding hydrogens is 340 g/mol. The number of hydrogen-bond donors (Lipinski definition) is 1. The zero-order valence-corrected chi connectivity index (χ0v) is 14.4. The smallest absolute Gasteiger partial charge is 0.228 e. The molecule has 1 N–H and O–H groups in total. The number of nitriles is 1. The second-order valence-electron chi connectivity index (χ2n) is 6.12. The molecule has 4 aromatic rings. The maximum Gasteiger partial charge on any atom is 0.228 e. The quantitative estimate of drug-likeness (QED) is 0.564. The SMILES string of the molecule is N#CCOc1ccc(NC(=O)Cc2coc3ccc4ccccc4c23)cc1. The van der Waals surface area contributed by atoms with E-state index in [4.69, 9.17) is 14.4 Å². The molecule has 1 heterocycles. The molecule has 27 heavy (non-hydrogen) atoms. The molecule has 1 aromatic heterocycles. The number of nitrogens with one attached hydrogen (secondary N) is 1. The molecule has 1 amide bonds. The molecule has 3 aromatic carbocycles. The maximum absolute atomic E-state index is 12.5. The van der Waals surface area contributed by atoms with E-state index in [1.807, 2.05) is 42.5 Å². The van der Waals surface area contributed by atoms with Gasteiger partial charge in [0.05, 0.1) is 12.7 Å². The number of anilines is 1. The Hall–Kier alpha value is -3.78. The third-order valence-electron chi connectivity index (χ3n) is 4.33. The van der Waals surface area contributed by atoms with Gasteiger partial charge in [0.25, 0.3) is 0 Å². The number of fused-ring (bicyclic) bond motifs is 3. The Balaban J connectivity index is 1.53. The van der Waals surface area contributed by atoms with Crippen molar-refractivity contribution in [1.29, 1.82) is 5.26 Å². The molecule has 0 spiro atoms. The first-order valence-electron chi connectivity index (χ1n) is 8.52. The molecule has 0 saturated heterocycles. The molecule has 0 saturated carbocycles. The normalized spacial score (nSPS) is 10.6. The van der Waals surface area contributed by atoms with Crippen molar-refractivity contribution in [2.75, 3.05) is 11.9 Å². The second-order valence-corrected chi connectivity index (χ2v) is 6.12. The minimum atomic E-state index is -0.128. The lowest BCUT2D eigenvalue weighted by Gasteiger charge is -2.07. The molecule has 0 fully saturated rings. The van der Waals surface area contributed by atoms with E-state index in [-0.39, 0.29) is 18.9 Å². The van der Waals surface area contributed by atoms with Crippen LogP contribution in [0.2, 0.25) is 0 Å². The van der Waals surface area contributed by atoms with Gasteiger partial charge in [0.15, 0.2) is 6.61 Å². The van der Waals surface area contributed by atoms with Gasteiger partial charge in [-0.3, -0.25) is 4.79 Å². The van der Waals surface area contributed by atoms with Crippen LogP contribution in [0.4, 0.5) is 5.69 Å². The summed E-state index contributed by atoms with van der Waals surface area (Å²) in [5.41, 5.74) is 2.30. The molecule has 0 atom stereocenters. The molecule has 4 rings (SSSR count). The molecule has 0 aliphatic heterocycles. The third-order valence-corrected chi connectivity index (χ3v) is 4.33. The predicted octanol–water partition coefficient (Wildman–Crippen LogP) is 4.67. The average Bonchev–Trinajstić information content (AvgIpc) is 3.10. The van der Waals surface area contributed by atoms with Crippen molar-refractivity contribution in [3.63, 3.8) is 0 Å². The standard InChI is InChI=1S/C22H16N2O3/c23-11-12-26-18-8-6-17(7-9-18)24-21(25)13-16-14-27-20-10-5-15-3-1-2-4-19(15)22(16)20/h1-10,14H,12-13H2,(H,24,25). The number of rotatable bonds is 5. The Morgan fingerprint density at radius 2 is 1.89 bits per heavy atom.